The highest BCUT2D eigenvalue weighted by Gasteiger charge is 2.75. The molecule has 1 fully saturated rings. The Balaban J connectivity index is 2.52. The third-order valence-electron chi connectivity index (χ3n) is 3.56. The first-order valence-electron chi connectivity index (χ1n) is 7.29. The van der Waals surface area contributed by atoms with Gasteiger partial charge in [-0.2, -0.15) is 13.8 Å². The maximum absolute atomic E-state index is 14.9. The van der Waals surface area contributed by atoms with Crippen molar-refractivity contribution in [1.82, 2.24) is 9.55 Å². The maximum atomic E-state index is 14.9. The Morgan fingerprint density at radius 3 is 2.60 bits per heavy atom. The first-order chi connectivity index (χ1) is 11.3. The molecule has 2 heterocycles. The molecule has 0 aliphatic carbocycles. The first kappa shape index (κ1) is 19.2. The number of carbonyl (C=O) groups is 1. The van der Waals surface area contributed by atoms with Crippen molar-refractivity contribution < 1.29 is 33.3 Å². The quantitative estimate of drug-likeness (QED) is 0.607. The summed E-state index contributed by atoms with van der Waals surface area (Å²) in [5.74, 6) is -6.18. The lowest BCUT2D eigenvalue weighted by Crippen LogP contribution is -2.61. The van der Waals surface area contributed by atoms with Crippen LogP contribution in [-0.4, -0.2) is 55.6 Å². The average molecular weight is 363 g/mol. The van der Waals surface area contributed by atoms with Crippen LogP contribution in [0.15, 0.2) is 17.1 Å². The van der Waals surface area contributed by atoms with Crippen LogP contribution in [0, 0.1) is 0 Å². The van der Waals surface area contributed by atoms with Crippen LogP contribution in [0.5, 0.6) is 0 Å². The summed E-state index contributed by atoms with van der Waals surface area (Å²) in [5.41, 5.74) is -0.549. The van der Waals surface area contributed by atoms with Crippen LogP contribution in [0.2, 0.25) is 0 Å². The average Bonchev–Trinajstić information content (AvgIpc) is 2.66. The molecule has 0 spiro atoms. The second kappa shape index (κ2) is 6.00. The molecule has 9 nitrogen and oxygen atoms in total. The third-order valence-corrected chi connectivity index (χ3v) is 3.56. The molecule has 2 rings (SSSR count). The minimum absolute atomic E-state index is 0.205. The highest BCUT2D eigenvalue weighted by Crippen LogP contribution is 2.50. The summed E-state index contributed by atoms with van der Waals surface area (Å²) in [6, 6.07) is 1.07. The van der Waals surface area contributed by atoms with Crippen LogP contribution in [-0.2, 0) is 14.3 Å². The molecule has 0 radical (unpaired) electrons. The molecule has 25 heavy (non-hydrogen) atoms. The fraction of sp³-hybridized carbons (Fsp3) is 0.643. The fourth-order valence-corrected chi connectivity index (χ4v) is 2.39. The third kappa shape index (κ3) is 3.10. The SMILES string of the molecule is CC(C)(C)OC(=O)[C@@]1(O)[C@@H](CO)O[C@@H](n2ccc(N)nc2=O)C1(F)F. The van der Waals surface area contributed by atoms with Gasteiger partial charge in [-0.3, -0.25) is 4.57 Å². The molecule has 11 heteroatoms. The Hall–Kier alpha value is -2.11. The van der Waals surface area contributed by atoms with Gasteiger partial charge in [0.2, 0.25) is 6.23 Å². The Labute approximate surface area is 141 Å². The Morgan fingerprint density at radius 2 is 2.12 bits per heavy atom. The highest BCUT2D eigenvalue weighted by atomic mass is 19.3. The van der Waals surface area contributed by atoms with E-state index < -0.39 is 47.7 Å². The van der Waals surface area contributed by atoms with Gasteiger partial charge in [-0.15, -0.1) is 0 Å². The monoisotopic (exact) mass is 363 g/mol. The van der Waals surface area contributed by atoms with Gasteiger partial charge in [0.05, 0.1) is 6.61 Å². The van der Waals surface area contributed by atoms with E-state index in [1.165, 1.54) is 20.8 Å². The van der Waals surface area contributed by atoms with Crippen molar-refractivity contribution in [3.8, 4) is 0 Å². The number of hydrogen-bond acceptors (Lipinski definition) is 8. The molecular formula is C14H19F2N3O6. The van der Waals surface area contributed by atoms with Crippen LogP contribution >= 0.6 is 0 Å². The molecule has 1 aliphatic rings. The number of aliphatic hydroxyl groups is 2. The predicted octanol–water partition coefficient (Wildman–Crippen LogP) is -0.577. The van der Waals surface area contributed by atoms with Gasteiger partial charge < -0.3 is 25.4 Å². The number of rotatable bonds is 3. The number of nitrogens with zero attached hydrogens (tertiary/aromatic N) is 2. The second-order valence-corrected chi connectivity index (χ2v) is 6.59. The molecule has 3 atom stereocenters. The minimum Gasteiger partial charge on any atom is -0.458 e. The molecular weight excluding hydrogens is 344 g/mol. The summed E-state index contributed by atoms with van der Waals surface area (Å²) in [7, 11) is 0. The molecule has 1 aromatic heterocycles. The van der Waals surface area contributed by atoms with Gasteiger partial charge in [-0.1, -0.05) is 0 Å². The van der Waals surface area contributed by atoms with Gasteiger partial charge >= 0.3 is 17.6 Å². The number of nitrogen functional groups attached to an aromatic ring is 1. The van der Waals surface area contributed by atoms with Crippen molar-refractivity contribution in [1.29, 1.82) is 0 Å². The van der Waals surface area contributed by atoms with Gasteiger partial charge in [0.15, 0.2) is 0 Å². The van der Waals surface area contributed by atoms with E-state index >= 15 is 0 Å². The van der Waals surface area contributed by atoms with E-state index in [2.05, 4.69) is 4.98 Å². The Morgan fingerprint density at radius 1 is 1.52 bits per heavy atom. The van der Waals surface area contributed by atoms with Crippen molar-refractivity contribution in [2.45, 2.75) is 50.2 Å². The van der Waals surface area contributed by atoms with Gasteiger partial charge in [0, 0.05) is 6.20 Å². The number of hydrogen-bond donors (Lipinski definition) is 3. The van der Waals surface area contributed by atoms with Crippen molar-refractivity contribution in [3.05, 3.63) is 22.7 Å². The molecule has 1 saturated heterocycles. The fourth-order valence-electron chi connectivity index (χ4n) is 2.39. The molecule has 1 aliphatic heterocycles. The number of alkyl halides is 2. The van der Waals surface area contributed by atoms with Crippen LogP contribution in [0.4, 0.5) is 14.6 Å². The Bertz CT molecular complexity index is 732. The number of carbonyl (C=O) groups excluding carboxylic acids is 1. The first-order valence-corrected chi connectivity index (χ1v) is 7.29. The second-order valence-electron chi connectivity index (χ2n) is 6.59. The number of nitrogens with two attached hydrogens (primary N) is 1. The van der Waals surface area contributed by atoms with Gasteiger partial charge in [-0.05, 0) is 26.8 Å². The van der Waals surface area contributed by atoms with Crippen molar-refractivity contribution >= 4 is 11.8 Å². The summed E-state index contributed by atoms with van der Waals surface area (Å²) >= 11 is 0. The van der Waals surface area contributed by atoms with Crippen molar-refractivity contribution in [3.63, 3.8) is 0 Å². The number of ether oxygens (including phenoxy) is 2. The highest BCUT2D eigenvalue weighted by molar-refractivity contribution is 5.82. The van der Waals surface area contributed by atoms with Gasteiger partial charge in [-0.25, -0.2) is 9.59 Å². The molecule has 4 N–H and O–H groups in total. The summed E-state index contributed by atoms with van der Waals surface area (Å²) in [4.78, 5) is 27.3. The molecule has 0 bridgehead atoms. The minimum atomic E-state index is -4.30. The van der Waals surface area contributed by atoms with Crippen LogP contribution in [0.1, 0.15) is 27.0 Å². The summed E-state index contributed by atoms with van der Waals surface area (Å²) < 4.78 is 39.9. The van der Waals surface area contributed by atoms with E-state index in [-0.39, 0.29) is 5.82 Å². The number of aromatic nitrogens is 2. The van der Waals surface area contributed by atoms with Crippen LogP contribution in [0.3, 0.4) is 0 Å². The normalized spacial score (nSPS) is 28.8. The number of aliphatic hydroxyl groups excluding tert-OH is 1. The zero-order valence-electron chi connectivity index (χ0n) is 13.8. The van der Waals surface area contributed by atoms with E-state index in [9.17, 15) is 28.6 Å². The van der Waals surface area contributed by atoms with Gasteiger partial charge in [0.1, 0.15) is 17.5 Å². The predicted molar refractivity (Wildman–Crippen MR) is 79.6 cm³/mol. The molecule has 140 valence electrons. The largest absolute Gasteiger partial charge is 0.458 e. The molecule has 0 saturated carbocycles. The Kier molecular flexibility index (Phi) is 4.61. The summed E-state index contributed by atoms with van der Waals surface area (Å²) in [6.45, 7) is 3.14. The van der Waals surface area contributed by atoms with E-state index in [0.717, 1.165) is 12.3 Å². The zero-order valence-corrected chi connectivity index (χ0v) is 13.8. The number of halogens is 2. The summed E-state index contributed by atoms with van der Waals surface area (Å²) in [5, 5.41) is 19.7. The number of anilines is 1. The lowest BCUT2D eigenvalue weighted by molar-refractivity contribution is -0.220. The lowest BCUT2D eigenvalue weighted by atomic mass is 9.91. The van der Waals surface area contributed by atoms with Crippen LogP contribution < -0.4 is 11.4 Å². The molecule has 0 amide bonds. The zero-order chi connectivity index (χ0) is 19.2. The topological polar surface area (TPSA) is 137 Å². The molecule has 1 aromatic rings. The van der Waals surface area contributed by atoms with Crippen LogP contribution in [0.25, 0.3) is 0 Å². The van der Waals surface area contributed by atoms with E-state index in [4.69, 9.17) is 15.2 Å². The maximum Gasteiger partial charge on any atom is 0.351 e. The standard InChI is InChI=1S/C14H19F2N3O6/c1-12(2,3)25-10(21)13(23)7(6-20)24-9(14(13,15)16)19-5-4-8(17)18-11(19)22/h4-5,7,9,20,23H,6H2,1-3H3,(H2,17,18,22)/t7-,9-,13+/m1/s1. The smallest absolute Gasteiger partial charge is 0.351 e. The van der Waals surface area contributed by atoms with Crippen molar-refractivity contribution in [2.75, 3.05) is 12.3 Å². The summed E-state index contributed by atoms with van der Waals surface area (Å²) in [6.07, 6.45) is -3.52. The molecule has 0 unspecified atom stereocenters. The van der Waals surface area contributed by atoms with E-state index in [1.807, 2.05) is 0 Å². The van der Waals surface area contributed by atoms with Crippen molar-refractivity contribution in [2.24, 2.45) is 0 Å². The van der Waals surface area contributed by atoms with E-state index in [0.29, 0.717) is 4.57 Å². The molecule has 0 aromatic carbocycles. The van der Waals surface area contributed by atoms with E-state index in [1.54, 1.807) is 0 Å². The van der Waals surface area contributed by atoms with Gasteiger partial charge in [0.25, 0.3) is 5.60 Å². The lowest BCUT2D eigenvalue weighted by Gasteiger charge is -2.33. The number of esters is 1.